The minimum absolute atomic E-state index is 0.00324. The van der Waals surface area contributed by atoms with Crippen LogP contribution < -0.4 is 21.3 Å². The van der Waals surface area contributed by atoms with Gasteiger partial charge in [-0.2, -0.15) is 4.31 Å². The quantitative estimate of drug-likeness (QED) is 0.187. The molecule has 4 rings (SSSR count). The number of nitrogen functional groups attached to an aromatic ring is 1. The Morgan fingerprint density at radius 1 is 1.36 bits per heavy atom. The number of benzene rings is 1. The number of aromatic nitrogens is 1. The predicted octanol–water partition coefficient (Wildman–Crippen LogP) is 4.36. The molecule has 2 aromatic heterocycles. The standard InChI is InChI=1S/C26H32ClN5O5S2/c1-4-17-14-31(39(35,36)22-7-6-10-30-26(22)37-17)13-16-11-21(38-25(16)27)19(12-23(33)34)18-8-9-20(32(29)5-2)24(28)15(18)3/h6-11,17,19H,4-5,12-14,28-29H2,1-3H3,(H,33,34)/t17-,19?/m1/s1. The van der Waals surface area contributed by atoms with Crippen molar-refractivity contribution in [3.8, 4) is 5.88 Å². The molecule has 0 fully saturated rings. The molecule has 5 N–H and O–H groups in total. The molecule has 13 heteroatoms. The minimum Gasteiger partial charge on any atom is -0.481 e. The zero-order valence-corrected chi connectivity index (χ0v) is 24.3. The number of hydrazine groups is 1. The number of halogens is 1. The van der Waals surface area contributed by atoms with Crippen LogP contribution in [-0.4, -0.2) is 48.0 Å². The first kappa shape index (κ1) is 29.1. The van der Waals surface area contributed by atoms with Crippen molar-refractivity contribution in [1.82, 2.24) is 9.29 Å². The van der Waals surface area contributed by atoms with Crippen LogP contribution in [0.3, 0.4) is 0 Å². The molecule has 10 nitrogen and oxygen atoms in total. The summed E-state index contributed by atoms with van der Waals surface area (Å²) in [5.41, 5.74) is 9.59. The molecule has 1 aliphatic heterocycles. The number of nitrogens with zero attached hydrogens (tertiary/aromatic N) is 3. The van der Waals surface area contributed by atoms with Crippen LogP contribution in [0.4, 0.5) is 11.4 Å². The lowest BCUT2D eigenvalue weighted by atomic mass is 9.89. The highest BCUT2D eigenvalue weighted by molar-refractivity contribution is 7.89. The molecule has 0 bridgehead atoms. The van der Waals surface area contributed by atoms with E-state index in [0.717, 1.165) is 11.1 Å². The molecule has 0 amide bonds. The molecule has 0 saturated carbocycles. The molecule has 3 heterocycles. The number of hydrogen-bond acceptors (Lipinski definition) is 9. The van der Waals surface area contributed by atoms with Crippen LogP contribution in [0.25, 0.3) is 0 Å². The topological polar surface area (TPSA) is 152 Å². The molecule has 210 valence electrons. The molecular formula is C26H32ClN5O5S2. The van der Waals surface area contributed by atoms with Gasteiger partial charge in [-0.1, -0.05) is 24.6 Å². The van der Waals surface area contributed by atoms with Crippen molar-refractivity contribution in [2.45, 2.75) is 57.1 Å². The first-order chi connectivity index (χ1) is 18.5. The Morgan fingerprint density at radius 3 is 2.77 bits per heavy atom. The molecule has 1 unspecified atom stereocenters. The number of pyridine rings is 1. The van der Waals surface area contributed by atoms with E-state index >= 15 is 0 Å². The molecule has 39 heavy (non-hydrogen) atoms. The van der Waals surface area contributed by atoms with Gasteiger partial charge in [0.2, 0.25) is 15.9 Å². The summed E-state index contributed by atoms with van der Waals surface area (Å²) in [5.74, 6) is 4.61. The van der Waals surface area contributed by atoms with Gasteiger partial charge in [0.05, 0.1) is 28.7 Å². The van der Waals surface area contributed by atoms with E-state index in [1.54, 1.807) is 18.2 Å². The van der Waals surface area contributed by atoms with Gasteiger partial charge in [0.15, 0.2) is 0 Å². The second-order valence-corrected chi connectivity index (χ2v) is 12.9. The van der Waals surface area contributed by atoms with E-state index < -0.39 is 21.9 Å². The summed E-state index contributed by atoms with van der Waals surface area (Å²) in [4.78, 5) is 16.7. The monoisotopic (exact) mass is 593 g/mol. The number of ether oxygens (including phenoxy) is 1. The summed E-state index contributed by atoms with van der Waals surface area (Å²) >= 11 is 7.89. The maximum absolute atomic E-state index is 13.6. The van der Waals surface area contributed by atoms with Crippen molar-refractivity contribution < 1.29 is 23.1 Å². The van der Waals surface area contributed by atoms with Gasteiger partial charge in [0, 0.05) is 30.1 Å². The number of nitrogens with two attached hydrogens (primary N) is 2. The van der Waals surface area contributed by atoms with E-state index in [-0.39, 0.29) is 36.4 Å². The van der Waals surface area contributed by atoms with Crippen molar-refractivity contribution >= 4 is 50.3 Å². The lowest BCUT2D eigenvalue weighted by molar-refractivity contribution is -0.137. The van der Waals surface area contributed by atoms with E-state index in [1.165, 1.54) is 32.9 Å². The number of aliphatic carboxylic acids is 1. The molecule has 0 aliphatic carbocycles. The summed E-state index contributed by atoms with van der Waals surface area (Å²) in [5, 5.41) is 11.3. The van der Waals surface area contributed by atoms with Gasteiger partial charge in [-0.25, -0.2) is 19.2 Å². The van der Waals surface area contributed by atoms with E-state index in [2.05, 4.69) is 4.98 Å². The normalized spacial score (nSPS) is 17.6. The van der Waals surface area contributed by atoms with Crippen molar-refractivity contribution in [2.75, 3.05) is 23.8 Å². The Hall–Kier alpha value is -2.90. The Labute approximate surface area is 237 Å². The number of sulfonamides is 1. The lowest BCUT2D eigenvalue weighted by Gasteiger charge is -2.24. The molecule has 3 aromatic rings. The highest BCUT2D eigenvalue weighted by Gasteiger charge is 2.36. The van der Waals surface area contributed by atoms with Gasteiger partial charge in [-0.15, -0.1) is 11.3 Å². The number of carboxylic acids is 1. The Balaban J connectivity index is 1.72. The van der Waals surface area contributed by atoms with Crippen LogP contribution in [0.15, 0.2) is 41.4 Å². The Kier molecular flexibility index (Phi) is 8.72. The summed E-state index contributed by atoms with van der Waals surface area (Å²) in [6, 6.07) is 8.44. The zero-order chi connectivity index (χ0) is 28.5. The SMILES string of the molecule is CC[C@@H]1CN(Cc2cc(C(CC(=O)O)c3ccc(N(N)CC)c(N)c3C)sc2Cl)S(=O)(=O)c2cccnc2O1. The third-order valence-electron chi connectivity index (χ3n) is 6.90. The van der Waals surface area contributed by atoms with E-state index in [9.17, 15) is 18.3 Å². The van der Waals surface area contributed by atoms with Gasteiger partial charge in [-0.05, 0) is 61.2 Å². The van der Waals surface area contributed by atoms with Crippen LogP contribution in [0.1, 0.15) is 54.2 Å². The van der Waals surface area contributed by atoms with Gasteiger partial charge >= 0.3 is 5.97 Å². The van der Waals surface area contributed by atoms with Gasteiger partial charge in [0.25, 0.3) is 0 Å². The average molecular weight is 594 g/mol. The fourth-order valence-corrected chi connectivity index (χ4v) is 7.57. The number of thiophene rings is 1. The Morgan fingerprint density at radius 2 is 2.10 bits per heavy atom. The second-order valence-electron chi connectivity index (χ2n) is 9.35. The van der Waals surface area contributed by atoms with Crippen molar-refractivity contribution in [3.63, 3.8) is 0 Å². The third-order valence-corrected chi connectivity index (χ3v) is 10.3. The summed E-state index contributed by atoms with van der Waals surface area (Å²) in [7, 11) is -3.92. The zero-order valence-electron chi connectivity index (χ0n) is 21.9. The molecular weight excluding hydrogens is 562 g/mol. The van der Waals surface area contributed by atoms with Crippen molar-refractivity contribution in [3.05, 3.63) is 62.4 Å². The molecule has 1 aliphatic rings. The lowest BCUT2D eigenvalue weighted by Crippen LogP contribution is -2.36. The van der Waals surface area contributed by atoms with Gasteiger partial charge < -0.3 is 20.6 Å². The first-order valence-corrected chi connectivity index (χ1v) is 15.1. The van der Waals surface area contributed by atoms with Crippen molar-refractivity contribution in [2.24, 2.45) is 5.84 Å². The average Bonchev–Trinajstić information content (AvgIpc) is 3.22. The summed E-state index contributed by atoms with van der Waals surface area (Å²) in [6.07, 6.45) is 1.50. The smallest absolute Gasteiger partial charge is 0.304 e. The van der Waals surface area contributed by atoms with Gasteiger partial charge in [-0.3, -0.25) is 4.79 Å². The number of rotatable bonds is 9. The van der Waals surface area contributed by atoms with Crippen LogP contribution >= 0.6 is 22.9 Å². The largest absolute Gasteiger partial charge is 0.481 e. The van der Waals surface area contributed by atoms with Crippen LogP contribution in [0.2, 0.25) is 4.34 Å². The van der Waals surface area contributed by atoms with E-state index in [0.29, 0.717) is 39.1 Å². The maximum atomic E-state index is 13.6. The number of fused-ring (bicyclic) bond motifs is 1. The molecule has 0 spiro atoms. The molecule has 0 saturated heterocycles. The fraction of sp³-hybridized carbons (Fsp3) is 0.385. The summed E-state index contributed by atoms with van der Waals surface area (Å²) < 4.78 is 34.8. The predicted molar refractivity (Wildman–Crippen MR) is 153 cm³/mol. The van der Waals surface area contributed by atoms with Crippen LogP contribution in [-0.2, 0) is 21.4 Å². The van der Waals surface area contributed by atoms with Crippen molar-refractivity contribution in [1.29, 1.82) is 0 Å². The third kappa shape index (κ3) is 5.85. The molecule has 0 radical (unpaired) electrons. The number of anilines is 2. The maximum Gasteiger partial charge on any atom is 0.304 e. The fourth-order valence-electron chi connectivity index (χ4n) is 4.65. The van der Waals surface area contributed by atoms with Gasteiger partial charge in [0.1, 0.15) is 11.0 Å². The van der Waals surface area contributed by atoms with E-state index in [1.807, 2.05) is 26.8 Å². The number of hydrogen-bond donors (Lipinski definition) is 3. The van der Waals surface area contributed by atoms with Crippen LogP contribution in [0.5, 0.6) is 5.88 Å². The van der Waals surface area contributed by atoms with E-state index in [4.69, 9.17) is 27.9 Å². The highest BCUT2D eigenvalue weighted by atomic mass is 35.5. The number of carboxylic acid groups (broad SMARTS) is 1. The molecule has 1 aromatic carbocycles. The minimum atomic E-state index is -3.92. The number of carbonyl (C=O) groups is 1. The Bertz CT molecular complexity index is 1480. The second kappa shape index (κ2) is 11.7. The summed E-state index contributed by atoms with van der Waals surface area (Å²) in [6.45, 7) is 6.33. The van der Waals surface area contributed by atoms with Crippen LogP contribution in [0, 0.1) is 6.92 Å². The highest BCUT2D eigenvalue weighted by Crippen LogP contribution is 2.42. The molecule has 2 atom stereocenters. The first-order valence-electron chi connectivity index (χ1n) is 12.5.